The third-order valence-electron chi connectivity index (χ3n) is 4.05. The Bertz CT molecular complexity index is 579. The zero-order valence-electron chi connectivity index (χ0n) is 11.4. The minimum Gasteiger partial charge on any atom is -0.382 e. The molecule has 3 heteroatoms. The smallest absolute Gasteiger partial charge is 0.0751 e. The molecule has 19 heavy (non-hydrogen) atoms. The monoisotopic (exact) mass is 255 g/mol. The van der Waals surface area contributed by atoms with Gasteiger partial charge in [-0.1, -0.05) is 6.07 Å². The van der Waals surface area contributed by atoms with E-state index in [1.807, 2.05) is 12.3 Å². The fraction of sp³-hybridized carbons (Fsp3) is 0.438. The molecule has 0 aliphatic heterocycles. The summed E-state index contributed by atoms with van der Waals surface area (Å²) < 4.78 is 0. The lowest BCUT2D eigenvalue weighted by atomic mass is 9.91. The number of hydrogen-bond donors (Lipinski definition) is 2. The minimum absolute atomic E-state index is 0.348. The first-order valence-electron chi connectivity index (χ1n) is 7.10. The van der Waals surface area contributed by atoms with Crippen molar-refractivity contribution < 1.29 is 0 Å². The number of hydrogen-bond acceptors (Lipinski definition) is 3. The van der Waals surface area contributed by atoms with Crippen molar-refractivity contribution in [2.45, 2.75) is 44.7 Å². The average Bonchev–Trinajstić information content (AvgIpc) is 2.42. The van der Waals surface area contributed by atoms with E-state index in [9.17, 15) is 0 Å². The zero-order chi connectivity index (χ0) is 13.2. The van der Waals surface area contributed by atoms with Crippen LogP contribution in [0.4, 0.5) is 5.69 Å². The molecule has 1 fully saturated rings. The Labute approximate surface area is 114 Å². The molecule has 1 aliphatic carbocycles. The molecule has 0 bridgehead atoms. The Morgan fingerprint density at radius 2 is 2.16 bits per heavy atom. The summed E-state index contributed by atoms with van der Waals surface area (Å²) in [5, 5.41) is 4.87. The van der Waals surface area contributed by atoms with Gasteiger partial charge in [-0.3, -0.25) is 4.98 Å². The number of nitrogens with zero attached hydrogens (tertiary/aromatic N) is 1. The van der Waals surface area contributed by atoms with Crippen LogP contribution in [-0.4, -0.2) is 17.1 Å². The summed E-state index contributed by atoms with van der Waals surface area (Å²) in [4.78, 5) is 4.48. The lowest BCUT2D eigenvalue weighted by Gasteiger charge is -2.28. The van der Waals surface area contributed by atoms with Crippen molar-refractivity contribution in [3.8, 4) is 0 Å². The molecule has 1 aromatic carbocycles. The highest BCUT2D eigenvalue weighted by Crippen LogP contribution is 2.28. The fourth-order valence-electron chi connectivity index (χ4n) is 3.02. The maximum atomic E-state index is 6.06. The number of nitrogens with two attached hydrogens (primary N) is 1. The molecule has 3 nitrogen and oxygen atoms in total. The molecule has 1 heterocycles. The summed E-state index contributed by atoms with van der Waals surface area (Å²) in [5.41, 5.74) is 9.56. The molecule has 0 radical (unpaired) electrons. The molecule has 1 aromatic heterocycles. The number of benzene rings is 1. The Hall–Kier alpha value is -1.61. The Morgan fingerprint density at radius 3 is 3.00 bits per heavy atom. The molecule has 3 N–H and O–H groups in total. The van der Waals surface area contributed by atoms with Gasteiger partial charge in [0.15, 0.2) is 0 Å². The van der Waals surface area contributed by atoms with Gasteiger partial charge < -0.3 is 11.1 Å². The van der Waals surface area contributed by atoms with E-state index in [1.54, 1.807) is 0 Å². The van der Waals surface area contributed by atoms with Crippen LogP contribution in [-0.2, 0) is 0 Å². The number of rotatable bonds is 2. The summed E-state index contributed by atoms with van der Waals surface area (Å²) in [6.07, 6.45) is 6.52. The van der Waals surface area contributed by atoms with E-state index >= 15 is 0 Å². The second kappa shape index (κ2) is 5.17. The highest BCUT2D eigenvalue weighted by atomic mass is 14.9. The molecule has 2 unspecified atom stereocenters. The van der Waals surface area contributed by atoms with Gasteiger partial charge in [0.05, 0.1) is 5.52 Å². The summed E-state index contributed by atoms with van der Waals surface area (Å²) in [7, 11) is 0. The molecular formula is C16H21N3. The van der Waals surface area contributed by atoms with Gasteiger partial charge in [-0.15, -0.1) is 0 Å². The van der Waals surface area contributed by atoms with E-state index in [1.165, 1.54) is 29.5 Å². The maximum Gasteiger partial charge on any atom is 0.0751 e. The normalized spacial score (nSPS) is 23.5. The van der Waals surface area contributed by atoms with Crippen LogP contribution in [0.3, 0.4) is 0 Å². The summed E-state index contributed by atoms with van der Waals surface area (Å²) in [5.74, 6) is 0. The lowest BCUT2D eigenvalue weighted by Crippen LogP contribution is -2.34. The van der Waals surface area contributed by atoms with Gasteiger partial charge in [0.2, 0.25) is 0 Å². The Morgan fingerprint density at radius 1 is 1.26 bits per heavy atom. The molecule has 1 saturated carbocycles. The van der Waals surface area contributed by atoms with E-state index in [4.69, 9.17) is 5.73 Å². The largest absolute Gasteiger partial charge is 0.382 e. The maximum absolute atomic E-state index is 6.06. The number of nitrogens with one attached hydrogen (secondary N) is 1. The zero-order valence-corrected chi connectivity index (χ0v) is 11.4. The van der Waals surface area contributed by atoms with Crippen LogP contribution < -0.4 is 11.1 Å². The Kier molecular flexibility index (Phi) is 3.38. The van der Waals surface area contributed by atoms with Crippen LogP contribution in [0.2, 0.25) is 0 Å². The molecule has 2 atom stereocenters. The van der Waals surface area contributed by atoms with Crippen LogP contribution in [0.5, 0.6) is 0 Å². The number of pyridine rings is 1. The van der Waals surface area contributed by atoms with E-state index in [2.05, 4.69) is 35.4 Å². The predicted molar refractivity (Wildman–Crippen MR) is 80.3 cm³/mol. The summed E-state index contributed by atoms with van der Waals surface area (Å²) in [6.45, 7) is 2.11. The molecule has 100 valence electrons. The Balaban J connectivity index is 1.90. The molecule has 0 spiro atoms. The minimum atomic E-state index is 0.348. The quantitative estimate of drug-likeness (QED) is 0.866. The van der Waals surface area contributed by atoms with Gasteiger partial charge in [0.1, 0.15) is 0 Å². The first kappa shape index (κ1) is 12.4. The van der Waals surface area contributed by atoms with E-state index in [-0.39, 0.29) is 0 Å². The van der Waals surface area contributed by atoms with Crippen molar-refractivity contribution in [2.24, 2.45) is 5.73 Å². The SMILES string of the molecule is Cc1ccc(NC2CCCC(N)C2)c2cccnc12. The van der Waals surface area contributed by atoms with Crippen molar-refractivity contribution in [1.29, 1.82) is 0 Å². The van der Waals surface area contributed by atoms with E-state index < -0.39 is 0 Å². The first-order chi connectivity index (χ1) is 9.24. The number of anilines is 1. The lowest BCUT2D eigenvalue weighted by molar-refractivity contribution is 0.410. The average molecular weight is 255 g/mol. The van der Waals surface area contributed by atoms with Gasteiger partial charge in [0, 0.05) is 29.4 Å². The van der Waals surface area contributed by atoms with E-state index in [0.717, 1.165) is 18.4 Å². The highest BCUT2D eigenvalue weighted by molar-refractivity contribution is 5.93. The topological polar surface area (TPSA) is 50.9 Å². The van der Waals surface area contributed by atoms with Crippen molar-refractivity contribution in [3.63, 3.8) is 0 Å². The van der Waals surface area contributed by atoms with Crippen molar-refractivity contribution in [2.75, 3.05) is 5.32 Å². The number of aryl methyl sites for hydroxylation is 1. The van der Waals surface area contributed by atoms with Gasteiger partial charge in [-0.2, -0.15) is 0 Å². The van der Waals surface area contributed by atoms with Gasteiger partial charge in [-0.05, 0) is 56.4 Å². The standard InChI is InChI=1S/C16H21N3/c1-11-7-8-15(14-6-3-9-18-16(11)14)19-13-5-2-4-12(17)10-13/h3,6-9,12-13,19H,2,4-5,10,17H2,1H3. The van der Waals surface area contributed by atoms with Crippen LogP contribution in [0.15, 0.2) is 30.5 Å². The van der Waals surface area contributed by atoms with Gasteiger partial charge in [-0.25, -0.2) is 0 Å². The number of aromatic nitrogens is 1. The molecule has 1 aliphatic rings. The summed E-state index contributed by atoms with van der Waals surface area (Å²) >= 11 is 0. The van der Waals surface area contributed by atoms with Crippen LogP contribution in [0.1, 0.15) is 31.2 Å². The van der Waals surface area contributed by atoms with Crippen LogP contribution in [0.25, 0.3) is 10.9 Å². The predicted octanol–water partition coefficient (Wildman–Crippen LogP) is 3.23. The highest BCUT2D eigenvalue weighted by Gasteiger charge is 2.19. The van der Waals surface area contributed by atoms with Crippen LogP contribution in [0, 0.1) is 6.92 Å². The second-order valence-corrected chi connectivity index (χ2v) is 5.60. The second-order valence-electron chi connectivity index (χ2n) is 5.60. The fourth-order valence-corrected chi connectivity index (χ4v) is 3.02. The third kappa shape index (κ3) is 2.56. The molecule has 0 saturated heterocycles. The molecule has 3 rings (SSSR count). The van der Waals surface area contributed by atoms with Crippen LogP contribution >= 0.6 is 0 Å². The van der Waals surface area contributed by atoms with E-state index in [0.29, 0.717) is 12.1 Å². The van der Waals surface area contributed by atoms with Gasteiger partial charge in [0.25, 0.3) is 0 Å². The first-order valence-corrected chi connectivity index (χ1v) is 7.10. The molecular weight excluding hydrogens is 234 g/mol. The van der Waals surface area contributed by atoms with Crippen molar-refractivity contribution >= 4 is 16.6 Å². The summed E-state index contributed by atoms with van der Waals surface area (Å²) in [6, 6.07) is 9.29. The number of fused-ring (bicyclic) bond motifs is 1. The van der Waals surface area contributed by atoms with Crippen molar-refractivity contribution in [3.05, 3.63) is 36.0 Å². The third-order valence-corrected chi connectivity index (χ3v) is 4.05. The molecule has 2 aromatic rings. The van der Waals surface area contributed by atoms with Gasteiger partial charge >= 0.3 is 0 Å². The van der Waals surface area contributed by atoms with Crippen molar-refractivity contribution in [1.82, 2.24) is 4.98 Å². The molecule has 0 amide bonds.